The average Bonchev–Trinajstić information content (AvgIpc) is 3.78. The number of aromatic amines is 1. The number of hydrogen-bond acceptors (Lipinski definition) is 4. The van der Waals surface area contributed by atoms with E-state index in [4.69, 9.17) is 10.1 Å². The minimum atomic E-state index is -1.02. The van der Waals surface area contributed by atoms with E-state index in [1.807, 2.05) is 36.5 Å². The molecule has 0 atom stereocenters. The van der Waals surface area contributed by atoms with Gasteiger partial charge in [0, 0.05) is 29.6 Å². The molecule has 2 aromatic carbocycles. The number of carboxylic acid groups (broad SMARTS) is 1. The molecule has 4 N–H and O–H groups in total. The molecule has 210 valence electrons. The van der Waals surface area contributed by atoms with Crippen molar-refractivity contribution in [3.63, 3.8) is 0 Å². The van der Waals surface area contributed by atoms with Gasteiger partial charge in [0.15, 0.2) is 5.82 Å². The van der Waals surface area contributed by atoms with Crippen molar-refractivity contribution < 1.29 is 19.5 Å². The quantitative estimate of drug-likeness (QED) is 0.202. The molecule has 0 spiro atoms. The summed E-state index contributed by atoms with van der Waals surface area (Å²) in [4.78, 5) is 46.1. The number of imidazole rings is 1. The number of anilines is 1. The minimum Gasteiger partial charge on any atom is -0.478 e. The molecule has 2 amide bonds. The Kier molecular flexibility index (Phi) is 7.17. The lowest BCUT2D eigenvalue weighted by Crippen LogP contribution is -2.55. The second-order valence-corrected chi connectivity index (χ2v) is 11.0. The molecule has 6 rings (SSSR count). The molecule has 0 aliphatic heterocycles. The van der Waals surface area contributed by atoms with Crippen molar-refractivity contribution >= 4 is 40.6 Å². The number of hydrogen-bond donors (Lipinski definition) is 4. The third-order valence-corrected chi connectivity index (χ3v) is 8.31. The first kappa shape index (κ1) is 26.6. The Morgan fingerprint density at radius 3 is 2.44 bits per heavy atom. The maximum absolute atomic E-state index is 13.6. The number of aromatic nitrogens is 3. The van der Waals surface area contributed by atoms with Crippen molar-refractivity contribution in [2.45, 2.75) is 62.9 Å². The van der Waals surface area contributed by atoms with Crippen molar-refractivity contribution in [3.05, 3.63) is 78.0 Å². The second kappa shape index (κ2) is 11.1. The summed E-state index contributed by atoms with van der Waals surface area (Å²) >= 11 is 0. The first-order valence-corrected chi connectivity index (χ1v) is 14.2. The summed E-state index contributed by atoms with van der Waals surface area (Å²) in [5.41, 5.74) is 3.47. The molecule has 0 unspecified atom stereocenters. The Morgan fingerprint density at radius 1 is 1.00 bits per heavy atom. The van der Waals surface area contributed by atoms with Crippen molar-refractivity contribution in [3.8, 4) is 11.5 Å². The van der Waals surface area contributed by atoms with Crippen molar-refractivity contribution in [1.82, 2.24) is 19.9 Å². The molecule has 4 aromatic rings. The summed E-state index contributed by atoms with van der Waals surface area (Å²) in [6.07, 6.45) is 11.9. The standard InChI is InChI=1S/C32H33N5O4/c38-28(39)16-11-21-9-13-23(14-10-21)34-31(41)32(17-3-4-18-32)36-30(40)22-12-15-27-26(20-22)35-29(25-8-5-19-33-25)37(27)24-6-1-2-7-24/h5,8-16,19-20,24,33H,1-4,6-7,17-18H2,(H,34,41)(H,36,40)(H,38,39)/b16-11+. The smallest absolute Gasteiger partial charge is 0.328 e. The molecular weight excluding hydrogens is 518 g/mol. The van der Waals surface area contributed by atoms with Gasteiger partial charge in [0.25, 0.3) is 5.91 Å². The van der Waals surface area contributed by atoms with Gasteiger partial charge < -0.3 is 25.3 Å². The lowest BCUT2D eigenvalue weighted by molar-refractivity contribution is -0.131. The first-order valence-electron chi connectivity index (χ1n) is 14.2. The molecule has 0 bridgehead atoms. The number of carboxylic acids is 1. The topological polar surface area (TPSA) is 129 Å². The Labute approximate surface area is 237 Å². The zero-order chi connectivity index (χ0) is 28.4. The fourth-order valence-corrected chi connectivity index (χ4v) is 6.20. The van der Waals surface area contributed by atoms with Crippen LogP contribution in [-0.4, -0.2) is 43.0 Å². The molecule has 2 saturated carbocycles. The largest absolute Gasteiger partial charge is 0.478 e. The van der Waals surface area contributed by atoms with Gasteiger partial charge in [-0.25, -0.2) is 9.78 Å². The van der Waals surface area contributed by atoms with E-state index in [1.54, 1.807) is 24.3 Å². The molecule has 2 aliphatic carbocycles. The van der Waals surface area contributed by atoms with E-state index < -0.39 is 11.5 Å². The summed E-state index contributed by atoms with van der Waals surface area (Å²) in [7, 11) is 0. The molecule has 9 nitrogen and oxygen atoms in total. The number of carbonyl (C=O) groups excluding carboxylic acids is 2. The zero-order valence-electron chi connectivity index (χ0n) is 22.7. The van der Waals surface area contributed by atoms with Gasteiger partial charge in [-0.05, 0) is 79.8 Å². The van der Waals surface area contributed by atoms with Crippen molar-refractivity contribution in [2.75, 3.05) is 5.32 Å². The van der Waals surface area contributed by atoms with Gasteiger partial charge in [-0.15, -0.1) is 0 Å². The molecule has 2 heterocycles. The lowest BCUT2D eigenvalue weighted by Gasteiger charge is -2.29. The maximum atomic E-state index is 13.6. The van der Waals surface area contributed by atoms with Gasteiger partial charge in [0.1, 0.15) is 5.54 Å². The van der Waals surface area contributed by atoms with Gasteiger partial charge in [-0.3, -0.25) is 9.59 Å². The predicted octanol–water partition coefficient (Wildman–Crippen LogP) is 5.93. The van der Waals surface area contributed by atoms with E-state index in [1.165, 1.54) is 18.9 Å². The second-order valence-electron chi connectivity index (χ2n) is 11.0. The van der Waals surface area contributed by atoms with Crippen LogP contribution in [0.5, 0.6) is 0 Å². The van der Waals surface area contributed by atoms with Crippen LogP contribution in [0.1, 0.15) is 73.3 Å². The van der Waals surface area contributed by atoms with E-state index >= 15 is 0 Å². The molecule has 9 heteroatoms. The third kappa shape index (κ3) is 5.39. The number of amides is 2. The average molecular weight is 552 g/mol. The molecular formula is C32H33N5O4. The molecule has 2 aliphatic rings. The van der Waals surface area contributed by atoms with E-state index in [0.717, 1.165) is 54.3 Å². The Morgan fingerprint density at radius 2 is 1.76 bits per heavy atom. The monoisotopic (exact) mass is 551 g/mol. The molecule has 0 radical (unpaired) electrons. The summed E-state index contributed by atoms with van der Waals surface area (Å²) in [5.74, 6) is -0.693. The van der Waals surface area contributed by atoms with Crippen LogP contribution in [0.3, 0.4) is 0 Å². The molecule has 41 heavy (non-hydrogen) atoms. The van der Waals surface area contributed by atoms with Crippen LogP contribution in [0.15, 0.2) is 66.9 Å². The number of carbonyl (C=O) groups is 3. The van der Waals surface area contributed by atoms with Crippen LogP contribution in [-0.2, 0) is 9.59 Å². The Bertz CT molecular complexity index is 1610. The van der Waals surface area contributed by atoms with Gasteiger partial charge in [0.05, 0.1) is 16.7 Å². The highest BCUT2D eigenvalue weighted by Gasteiger charge is 2.42. The summed E-state index contributed by atoms with van der Waals surface area (Å²) < 4.78 is 2.31. The van der Waals surface area contributed by atoms with Crippen LogP contribution in [0.25, 0.3) is 28.6 Å². The number of nitrogens with zero attached hydrogens (tertiary/aromatic N) is 2. The van der Waals surface area contributed by atoms with Gasteiger partial charge in [0.2, 0.25) is 5.91 Å². The summed E-state index contributed by atoms with van der Waals surface area (Å²) in [5, 5.41) is 14.8. The van der Waals surface area contributed by atoms with E-state index in [2.05, 4.69) is 20.2 Å². The van der Waals surface area contributed by atoms with Crippen LogP contribution < -0.4 is 10.6 Å². The summed E-state index contributed by atoms with van der Waals surface area (Å²) in [6.45, 7) is 0. The van der Waals surface area contributed by atoms with Gasteiger partial charge >= 0.3 is 5.97 Å². The molecule has 0 saturated heterocycles. The van der Waals surface area contributed by atoms with Crippen LogP contribution in [0.4, 0.5) is 5.69 Å². The number of nitrogens with one attached hydrogen (secondary N) is 3. The van der Waals surface area contributed by atoms with Crippen LogP contribution >= 0.6 is 0 Å². The maximum Gasteiger partial charge on any atom is 0.328 e. The Hall–Kier alpha value is -4.66. The van der Waals surface area contributed by atoms with Crippen LogP contribution in [0.2, 0.25) is 0 Å². The molecule has 2 aromatic heterocycles. The first-order chi connectivity index (χ1) is 19.9. The molecule has 2 fully saturated rings. The number of rotatable bonds is 8. The highest BCUT2D eigenvalue weighted by molar-refractivity contribution is 6.05. The van der Waals surface area contributed by atoms with E-state index in [0.29, 0.717) is 35.7 Å². The van der Waals surface area contributed by atoms with E-state index in [9.17, 15) is 14.4 Å². The highest BCUT2D eigenvalue weighted by Crippen LogP contribution is 2.37. The zero-order valence-corrected chi connectivity index (χ0v) is 22.7. The number of aliphatic carboxylic acids is 1. The normalized spacial score (nSPS) is 16.9. The number of fused-ring (bicyclic) bond motifs is 1. The fourth-order valence-electron chi connectivity index (χ4n) is 6.20. The van der Waals surface area contributed by atoms with Crippen molar-refractivity contribution in [2.24, 2.45) is 0 Å². The SMILES string of the molecule is O=C(O)/C=C/c1ccc(NC(=O)C2(NC(=O)c3ccc4c(c3)nc(-c3ccc[nH]3)n4C3CCCC3)CCCC2)cc1. The fraction of sp³-hybridized carbons (Fsp3) is 0.312. The van der Waals surface area contributed by atoms with E-state index in [-0.39, 0.29) is 11.8 Å². The van der Waals surface area contributed by atoms with Crippen molar-refractivity contribution in [1.29, 1.82) is 0 Å². The number of benzene rings is 2. The highest BCUT2D eigenvalue weighted by atomic mass is 16.4. The lowest BCUT2D eigenvalue weighted by atomic mass is 9.95. The van der Waals surface area contributed by atoms with Gasteiger partial charge in [-0.2, -0.15) is 0 Å². The van der Waals surface area contributed by atoms with Gasteiger partial charge in [-0.1, -0.05) is 37.8 Å². The summed E-state index contributed by atoms with van der Waals surface area (Å²) in [6, 6.07) is 16.9. The van der Waals surface area contributed by atoms with Crippen LogP contribution in [0, 0.1) is 0 Å². The number of H-pyrrole nitrogens is 1. The third-order valence-electron chi connectivity index (χ3n) is 8.31. The Balaban J connectivity index is 1.23. The minimum absolute atomic E-state index is 0.252. The predicted molar refractivity (Wildman–Crippen MR) is 157 cm³/mol.